The summed E-state index contributed by atoms with van der Waals surface area (Å²) in [6.45, 7) is 5.17. The predicted molar refractivity (Wildman–Crippen MR) is 86.7 cm³/mol. The number of hydrogen-bond acceptors (Lipinski definition) is 4. The van der Waals surface area contributed by atoms with Gasteiger partial charge in [0, 0.05) is 19.6 Å². The van der Waals surface area contributed by atoms with Gasteiger partial charge < -0.3 is 4.90 Å². The van der Waals surface area contributed by atoms with Crippen molar-refractivity contribution < 1.29 is 19.2 Å². The normalized spacial score (nSPS) is 14.8. The number of urea groups is 1. The van der Waals surface area contributed by atoms with Crippen molar-refractivity contribution in [1.29, 1.82) is 0 Å². The second-order valence-corrected chi connectivity index (χ2v) is 6.18. The quantitative estimate of drug-likeness (QED) is 0.599. The van der Waals surface area contributed by atoms with E-state index >= 15 is 0 Å². The van der Waals surface area contributed by atoms with E-state index in [-0.39, 0.29) is 0 Å². The van der Waals surface area contributed by atoms with Crippen LogP contribution in [0.2, 0.25) is 0 Å². The Hall–Kier alpha value is -2.70. The minimum Gasteiger partial charge on any atom is -0.340 e. The highest BCUT2D eigenvalue weighted by molar-refractivity contribution is 6.45. The first-order valence-corrected chi connectivity index (χ1v) is 7.71. The van der Waals surface area contributed by atoms with Crippen molar-refractivity contribution in [2.75, 3.05) is 13.6 Å². The van der Waals surface area contributed by atoms with E-state index < -0.39 is 36.3 Å². The van der Waals surface area contributed by atoms with Gasteiger partial charge in [-0.2, -0.15) is 0 Å². The summed E-state index contributed by atoms with van der Waals surface area (Å²) in [7, 11) is 1.59. The molecule has 1 aliphatic heterocycles. The molecule has 2 rings (SSSR count). The summed E-state index contributed by atoms with van der Waals surface area (Å²) in [4.78, 5) is 51.2. The first kappa shape index (κ1) is 17.7. The summed E-state index contributed by atoms with van der Waals surface area (Å²) in [5, 5.41) is 0. The fourth-order valence-corrected chi connectivity index (χ4v) is 2.43. The Morgan fingerprint density at radius 1 is 1.08 bits per heavy atom. The standard InChI is InChI=1S/C17H21N3O4/c1-11(2)20-16(23)15(22)19(17(20)24)10-14(21)18(4)9-13-7-5-12(3)6-8-13/h5-8,11H,9-10H2,1-4H3. The molecule has 1 aromatic carbocycles. The maximum atomic E-state index is 12.3. The molecule has 0 N–H and O–H groups in total. The van der Waals surface area contributed by atoms with Crippen molar-refractivity contribution in [2.45, 2.75) is 33.4 Å². The third-order valence-corrected chi connectivity index (χ3v) is 3.86. The Kier molecular flexibility index (Phi) is 5.02. The zero-order valence-electron chi connectivity index (χ0n) is 14.3. The van der Waals surface area contributed by atoms with Crippen LogP contribution in [0, 0.1) is 6.92 Å². The van der Waals surface area contributed by atoms with Gasteiger partial charge in [0.1, 0.15) is 6.54 Å². The number of hydrogen-bond donors (Lipinski definition) is 0. The minimum atomic E-state index is -0.953. The lowest BCUT2D eigenvalue weighted by Crippen LogP contribution is -2.42. The average Bonchev–Trinajstić information content (AvgIpc) is 2.73. The first-order chi connectivity index (χ1) is 11.2. The van der Waals surface area contributed by atoms with Crippen molar-refractivity contribution >= 4 is 23.8 Å². The van der Waals surface area contributed by atoms with Gasteiger partial charge in [-0.1, -0.05) is 29.8 Å². The molecule has 128 valence electrons. The van der Waals surface area contributed by atoms with Crippen LogP contribution < -0.4 is 0 Å². The lowest BCUT2D eigenvalue weighted by atomic mass is 10.1. The maximum absolute atomic E-state index is 12.3. The molecule has 0 bridgehead atoms. The molecule has 0 spiro atoms. The average molecular weight is 331 g/mol. The third-order valence-electron chi connectivity index (χ3n) is 3.86. The molecular weight excluding hydrogens is 310 g/mol. The summed E-state index contributed by atoms with van der Waals surface area (Å²) in [5.74, 6) is -2.24. The van der Waals surface area contributed by atoms with E-state index in [1.54, 1.807) is 20.9 Å². The van der Waals surface area contributed by atoms with Crippen molar-refractivity contribution in [2.24, 2.45) is 0 Å². The maximum Gasteiger partial charge on any atom is 0.334 e. The van der Waals surface area contributed by atoms with Gasteiger partial charge >= 0.3 is 17.8 Å². The van der Waals surface area contributed by atoms with E-state index in [0.29, 0.717) is 11.4 Å². The number of carbonyl (C=O) groups excluding carboxylic acids is 4. The van der Waals surface area contributed by atoms with Crippen LogP contribution in [0.15, 0.2) is 24.3 Å². The molecule has 1 saturated heterocycles. The monoisotopic (exact) mass is 331 g/mol. The van der Waals surface area contributed by atoms with Crippen molar-refractivity contribution in [3.05, 3.63) is 35.4 Å². The van der Waals surface area contributed by atoms with E-state index in [9.17, 15) is 19.2 Å². The van der Waals surface area contributed by atoms with E-state index in [1.165, 1.54) is 4.90 Å². The molecule has 1 fully saturated rings. The summed E-state index contributed by atoms with van der Waals surface area (Å²) in [6.07, 6.45) is 0. The van der Waals surface area contributed by atoms with Gasteiger partial charge in [-0.05, 0) is 26.3 Å². The van der Waals surface area contributed by atoms with Crippen molar-refractivity contribution in [1.82, 2.24) is 14.7 Å². The summed E-state index contributed by atoms with van der Waals surface area (Å²) in [6, 6.07) is 6.54. The smallest absolute Gasteiger partial charge is 0.334 e. The molecule has 0 aromatic heterocycles. The molecule has 0 saturated carbocycles. The topological polar surface area (TPSA) is 78.0 Å². The van der Waals surface area contributed by atoms with E-state index in [2.05, 4.69) is 0 Å². The highest BCUT2D eigenvalue weighted by Crippen LogP contribution is 2.15. The highest BCUT2D eigenvalue weighted by Gasteiger charge is 2.46. The zero-order valence-corrected chi connectivity index (χ0v) is 14.3. The Labute approximate surface area is 140 Å². The van der Waals surface area contributed by atoms with Gasteiger partial charge in [0.05, 0.1) is 0 Å². The minimum absolute atomic E-state index is 0.358. The fraction of sp³-hybridized carbons (Fsp3) is 0.412. The second-order valence-electron chi connectivity index (χ2n) is 6.18. The Morgan fingerprint density at radius 3 is 2.17 bits per heavy atom. The summed E-state index contributed by atoms with van der Waals surface area (Å²) >= 11 is 0. The summed E-state index contributed by atoms with van der Waals surface area (Å²) in [5.41, 5.74) is 2.06. The lowest BCUT2D eigenvalue weighted by Gasteiger charge is -2.21. The van der Waals surface area contributed by atoms with Crippen LogP contribution in [0.4, 0.5) is 4.79 Å². The number of nitrogens with zero attached hydrogens (tertiary/aromatic N) is 3. The van der Waals surface area contributed by atoms with E-state index in [4.69, 9.17) is 0 Å². The van der Waals surface area contributed by atoms with Crippen LogP contribution in [0.3, 0.4) is 0 Å². The molecule has 0 aliphatic carbocycles. The molecule has 1 aliphatic rings. The van der Waals surface area contributed by atoms with Gasteiger partial charge in [0.2, 0.25) is 5.91 Å². The van der Waals surface area contributed by atoms with Crippen molar-refractivity contribution in [3.63, 3.8) is 0 Å². The molecule has 7 nitrogen and oxygen atoms in total. The van der Waals surface area contributed by atoms with E-state index in [1.807, 2.05) is 31.2 Å². The van der Waals surface area contributed by atoms with Crippen LogP contribution in [0.5, 0.6) is 0 Å². The molecule has 5 amide bonds. The largest absolute Gasteiger partial charge is 0.340 e. The number of amides is 5. The van der Waals surface area contributed by atoms with E-state index in [0.717, 1.165) is 16.0 Å². The van der Waals surface area contributed by atoms with Crippen LogP contribution >= 0.6 is 0 Å². The number of imide groups is 2. The van der Waals surface area contributed by atoms with Gasteiger partial charge in [-0.25, -0.2) is 9.69 Å². The predicted octanol–water partition coefficient (Wildman–Crippen LogP) is 1.15. The van der Waals surface area contributed by atoms with Gasteiger partial charge in [-0.15, -0.1) is 0 Å². The van der Waals surface area contributed by atoms with Gasteiger partial charge in [-0.3, -0.25) is 19.3 Å². The number of benzene rings is 1. The Balaban J connectivity index is 2.03. The molecule has 0 unspecified atom stereocenters. The van der Waals surface area contributed by atoms with Crippen LogP contribution in [-0.2, 0) is 20.9 Å². The molecule has 1 aromatic rings. The molecule has 1 heterocycles. The zero-order chi connectivity index (χ0) is 18.0. The molecule has 7 heteroatoms. The van der Waals surface area contributed by atoms with Gasteiger partial charge in [0.25, 0.3) is 0 Å². The summed E-state index contributed by atoms with van der Waals surface area (Å²) < 4.78 is 0. The molecular formula is C17H21N3O4. The van der Waals surface area contributed by atoms with Crippen LogP contribution in [0.1, 0.15) is 25.0 Å². The van der Waals surface area contributed by atoms with Crippen molar-refractivity contribution in [3.8, 4) is 0 Å². The first-order valence-electron chi connectivity index (χ1n) is 7.71. The lowest BCUT2D eigenvalue weighted by molar-refractivity contribution is -0.145. The molecule has 24 heavy (non-hydrogen) atoms. The highest BCUT2D eigenvalue weighted by atomic mass is 16.2. The SMILES string of the molecule is Cc1ccc(CN(C)C(=O)CN2C(=O)C(=O)N(C(C)C)C2=O)cc1. The number of rotatable bonds is 5. The fourth-order valence-electron chi connectivity index (χ4n) is 2.43. The Morgan fingerprint density at radius 2 is 1.67 bits per heavy atom. The van der Waals surface area contributed by atoms with Gasteiger partial charge in [0.15, 0.2) is 0 Å². The van der Waals surface area contributed by atoms with Crippen LogP contribution in [-0.4, -0.2) is 58.1 Å². The van der Waals surface area contributed by atoms with Crippen LogP contribution in [0.25, 0.3) is 0 Å². The molecule has 0 atom stereocenters. The molecule has 0 radical (unpaired) electrons. The second kappa shape index (κ2) is 6.82. The number of carbonyl (C=O) groups is 4. The Bertz CT molecular complexity index is 682. The number of likely N-dealkylation sites (N-methyl/N-ethyl adjacent to an activating group) is 1. The third kappa shape index (κ3) is 3.45. The number of aryl methyl sites for hydroxylation is 1.